The first-order valence-corrected chi connectivity index (χ1v) is 32.7. The molecular weight excluding hydrogens is 923 g/mol. The Morgan fingerprint density at radius 2 is 0.568 bits per heavy atom. The van der Waals surface area contributed by atoms with Crippen molar-refractivity contribution in [3.05, 3.63) is 0 Å². The van der Waals surface area contributed by atoms with Gasteiger partial charge in [0.25, 0.3) is 0 Å². The Balaban J connectivity index is 2.75. The molecule has 0 amide bonds. The summed E-state index contributed by atoms with van der Waals surface area (Å²) in [4.78, 5) is 12.0. The second-order valence-corrected chi connectivity index (χ2v) is 23.4. The first-order valence-electron chi connectivity index (χ1n) is 32.7. The van der Waals surface area contributed by atoms with E-state index in [4.69, 9.17) is 9.47 Å². The summed E-state index contributed by atoms with van der Waals surface area (Å²) in [6.07, 6.45) is 42.3. The van der Waals surface area contributed by atoms with Gasteiger partial charge in [-0.2, -0.15) is 0 Å². The average molecular weight is 1050 g/mol. The maximum atomic E-state index is 11.2. The Kier molecular flexibility index (Phi) is 52.7. The Morgan fingerprint density at radius 3 is 0.838 bits per heavy atom. The first-order chi connectivity index (χ1) is 36.2. The van der Waals surface area contributed by atoms with Crippen LogP contribution in [0.3, 0.4) is 0 Å². The van der Waals surface area contributed by atoms with E-state index >= 15 is 0 Å². The zero-order chi connectivity index (χ0) is 53.8. The third-order valence-corrected chi connectivity index (χ3v) is 16.0. The standard InChI is InChI=1S/C63H131N5O6/c1-6-10-14-18-22-26-30-34-38-60(69)56-67(57-61(70)39-35-31-27-23-19-15-11-7-2)50-54-73-52-48-66(47-46-65-44-42-64(5)43-45-65)49-53-74-55-51-68(58-62(71)40-36-32-28-24-20-16-12-8-3)59-63(72)41-37-33-29-25-21-17-13-9-4/h60-63,69-72H,6-59H2,1-5H3. The minimum Gasteiger partial charge on any atom is -0.392 e. The molecule has 4 unspecified atom stereocenters. The number of unbranched alkanes of at least 4 members (excludes halogenated alkanes) is 28. The molecular formula is C63H131N5O6. The summed E-state index contributed by atoms with van der Waals surface area (Å²) in [7, 11) is 2.21. The molecule has 0 aromatic rings. The van der Waals surface area contributed by atoms with Gasteiger partial charge >= 0.3 is 0 Å². The number of nitrogens with zero attached hydrogens (tertiary/aromatic N) is 5. The summed E-state index contributed by atoms with van der Waals surface area (Å²) in [5, 5.41) is 44.6. The largest absolute Gasteiger partial charge is 0.392 e. The summed E-state index contributed by atoms with van der Waals surface area (Å²) >= 11 is 0. The fourth-order valence-electron chi connectivity index (χ4n) is 10.8. The first kappa shape index (κ1) is 71.6. The van der Waals surface area contributed by atoms with E-state index in [0.29, 0.717) is 65.7 Å². The smallest absolute Gasteiger partial charge is 0.0667 e. The van der Waals surface area contributed by atoms with Gasteiger partial charge in [-0.1, -0.05) is 233 Å². The quantitative estimate of drug-likeness (QED) is 0.0437. The van der Waals surface area contributed by atoms with Gasteiger partial charge in [0, 0.05) is 91.6 Å². The van der Waals surface area contributed by atoms with Crippen LogP contribution in [0.2, 0.25) is 0 Å². The maximum Gasteiger partial charge on any atom is 0.0667 e. The third kappa shape index (κ3) is 47.6. The van der Waals surface area contributed by atoms with Crippen LogP contribution < -0.4 is 0 Å². The molecule has 1 saturated heterocycles. The molecule has 0 radical (unpaired) electrons. The van der Waals surface area contributed by atoms with Crippen molar-refractivity contribution in [2.75, 3.05) is 125 Å². The lowest BCUT2D eigenvalue weighted by molar-refractivity contribution is 0.0243. The molecule has 444 valence electrons. The van der Waals surface area contributed by atoms with Crippen molar-refractivity contribution in [3.8, 4) is 0 Å². The van der Waals surface area contributed by atoms with Gasteiger partial charge in [-0.25, -0.2) is 0 Å². The highest BCUT2D eigenvalue weighted by Gasteiger charge is 2.19. The monoisotopic (exact) mass is 1050 g/mol. The number of rotatable bonds is 59. The van der Waals surface area contributed by atoms with Gasteiger partial charge in [0.2, 0.25) is 0 Å². The SMILES string of the molecule is CCCCCCCCCCC(O)CN(CCOCCN(CCOCCN(CC(O)CCCCCCCCCC)CC(O)CCCCCCCCCC)CCN1CCN(C)CC1)CC(O)CCCCCCCCCC. The highest BCUT2D eigenvalue weighted by molar-refractivity contribution is 4.74. The van der Waals surface area contributed by atoms with Crippen LogP contribution >= 0.6 is 0 Å². The number of aliphatic hydroxyl groups is 4. The molecule has 0 aliphatic carbocycles. The molecule has 0 aromatic carbocycles. The molecule has 0 bridgehead atoms. The Morgan fingerprint density at radius 1 is 0.324 bits per heavy atom. The fourth-order valence-corrected chi connectivity index (χ4v) is 10.8. The van der Waals surface area contributed by atoms with Gasteiger partial charge in [-0.05, 0) is 32.7 Å². The predicted octanol–water partition coefficient (Wildman–Crippen LogP) is 12.7. The zero-order valence-corrected chi connectivity index (χ0v) is 50.3. The summed E-state index contributed by atoms with van der Waals surface area (Å²) in [6.45, 7) is 23.4. The van der Waals surface area contributed by atoms with Crippen molar-refractivity contribution in [2.45, 2.75) is 283 Å². The predicted molar refractivity (Wildman–Crippen MR) is 318 cm³/mol. The van der Waals surface area contributed by atoms with Crippen LogP contribution in [-0.4, -0.2) is 194 Å². The molecule has 11 heteroatoms. The Bertz CT molecular complexity index is 980. The zero-order valence-electron chi connectivity index (χ0n) is 50.3. The minimum atomic E-state index is -0.378. The lowest BCUT2D eigenvalue weighted by atomic mass is 10.0. The van der Waals surface area contributed by atoms with Crippen LogP contribution in [-0.2, 0) is 9.47 Å². The lowest BCUT2D eigenvalue weighted by Gasteiger charge is -2.34. The summed E-state index contributed by atoms with van der Waals surface area (Å²) in [5.41, 5.74) is 0. The molecule has 1 aliphatic rings. The van der Waals surface area contributed by atoms with E-state index in [-0.39, 0.29) is 24.4 Å². The Hall–Kier alpha value is -0.440. The van der Waals surface area contributed by atoms with Crippen molar-refractivity contribution in [1.29, 1.82) is 0 Å². The fraction of sp³-hybridized carbons (Fsp3) is 1.00. The van der Waals surface area contributed by atoms with Gasteiger partial charge in [0.05, 0.1) is 50.8 Å². The minimum absolute atomic E-state index is 0.378. The number of hydrogen-bond acceptors (Lipinski definition) is 11. The molecule has 0 spiro atoms. The van der Waals surface area contributed by atoms with Gasteiger partial charge < -0.3 is 34.8 Å². The number of piperazine rings is 1. The second-order valence-electron chi connectivity index (χ2n) is 23.4. The number of aliphatic hydroxyl groups excluding tert-OH is 4. The van der Waals surface area contributed by atoms with E-state index in [1.54, 1.807) is 0 Å². The summed E-state index contributed by atoms with van der Waals surface area (Å²) in [5.74, 6) is 0. The molecule has 4 N–H and O–H groups in total. The van der Waals surface area contributed by atoms with Crippen LogP contribution in [0.25, 0.3) is 0 Å². The topological polar surface area (TPSA) is 116 Å². The third-order valence-electron chi connectivity index (χ3n) is 16.0. The lowest BCUT2D eigenvalue weighted by Crippen LogP contribution is -2.47. The highest BCUT2D eigenvalue weighted by atomic mass is 16.5. The molecule has 0 saturated carbocycles. The molecule has 74 heavy (non-hydrogen) atoms. The van der Waals surface area contributed by atoms with Crippen LogP contribution in [0.15, 0.2) is 0 Å². The molecule has 4 atom stereocenters. The molecule has 1 heterocycles. The van der Waals surface area contributed by atoms with Gasteiger partial charge in [0.1, 0.15) is 0 Å². The second kappa shape index (κ2) is 54.5. The van der Waals surface area contributed by atoms with E-state index in [1.165, 1.54) is 180 Å². The Labute approximate surface area is 461 Å². The summed E-state index contributed by atoms with van der Waals surface area (Å²) in [6, 6.07) is 0. The van der Waals surface area contributed by atoms with E-state index < -0.39 is 0 Å². The van der Waals surface area contributed by atoms with Gasteiger partial charge in [0.15, 0.2) is 0 Å². The maximum absolute atomic E-state index is 11.2. The molecule has 1 fully saturated rings. The number of likely N-dealkylation sites (N-methyl/N-ethyl adjacent to an activating group) is 1. The molecule has 1 rings (SSSR count). The molecule has 1 aliphatic heterocycles. The molecule has 11 nitrogen and oxygen atoms in total. The van der Waals surface area contributed by atoms with Crippen molar-refractivity contribution in [3.63, 3.8) is 0 Å². The van der Waals surface area contributed by atoms with E-state index in [1.807, 2.05) is 0 Å². The van der Waals surface area contributed by atoms with Crippen LogP contribution in [0.4, 0.5) is 0 Å². The highest BCUT2D eigenvalue weighted by Crippen LogP contribution is 2.16. The van der Waals surface area contributed by atoms with Gasteiger partial charge in [-0.15, -0.1) is 0 Å². The van der Waals surface area contributed by atoms with E-state index in [9.17, 15) is 20.4 Å². The van der Waals surface area contributed by atoms with Crippen molar-refractivity contribution < 1.29 is 29.9 Å². The number of ether oxygens (including phenoxy) is 2. The number of hydrogen-bond donors (Lipinski definition) is 4. The summed E-state index contributed by atoms with van der Waals surface area (Å²) < 4.78 is 12.7. The van der Waals surface area contributed by atoms with E-state index in [0.717, 1.165) is 104 Å². The van der Waals surface area contributed by atoms with Crippen molar-refractivity contribution >= 4 is 0 Å². The van der Waals surface area contributed by atoms with Crippen LogP contribution in [0.5, 0.6) is 0 Å². The van der Waals surface area contributed by atoms with Crippen LogP contribution in [0, 0.1) is 0 Å². The average Bonchev–Trinajstić information content (AvgIpc) is 3.38. The van der Waals surface area contributed by atoms with Crippen molar-refractivity contribution in [1.82, 2.24) is 24.5 Å². The van der Waals surface area contributed by atoms with Gasteiger partial charge in [-0.3, -0.25) is 19.6 Å². The van der Waals surface area contributed by atoms with Crippen LogP contribution in [0.1, 0.15) is 259 Å². The molecule has 0 aromatic heterocycles. The van der Waals surface area contributed by atoms with Crippen molar-refractivity contribution in [2.24, 2.45) is 0 Å². The normalized spacial score (nSPS) is 15.6. The van der Waals surface area contributed by atoms with E-state index in [2.05, 4.69) is 59.2 Å².